The molecular weight excluding hydrogens is 306 g/mol. The molecule has 2 atom stereocenters. The number of carbonyl (C=O) groups is 2. The van der Waals surface area contributed by atoms with Crippen LogP contribution in [0.4, 0.5) is 5.69 Å². The van der Waals surface area contributed by atoms with Gasteiger partial charge in [-0.15, -0.1) is 0 Å². The van der Waals surface area contributed by atoms with E-state index in [9.17, 15) is 9.59 Å². The van der Waals surface area contributed by atoms with Gasteiger partial charge in [0, 0.05) is 12.1 Å². The van der Waals surface area contributed by atoms with Crippen LogP contribution in [0.2, 0.25) is 0 Å². The van der Waals surface area contributed by atoms with Gasteiger partial charge in [0.15, 0.2) is 0 Å². The van der Waals surface area contributed by atoms with Crippen molar-refractivity contribution in [1.29, 1.82) is 0 Å². The van der Waals surface area contributed by atoms with Crippen molar-refractivity contribution < 1.29 is 19.1 Å². The molecule has 1 N–H and O–H groups in total. The molecule has 1 fully saturated rings. The number of carbonyl (C=O) groups excluding carboxylic acids is 2. The van der Waals surface area contributed by atoms with Gasteiger partial charge in [0.2, 0.25) is 0 Å². The van der Waals surface area contributed by atoms with Gasteiger partial charge in [-0.3, -0.25) is 4.79 Å². The minimum absolute atomic E-state index is 0.150. The highest BCUT2D eigenvalue weighted by atomic mass is 16.5. The smallest absolute Gasteiger partial charge is 0.332 e. The Bertz CT molecular complexity index is 569. The molecule has 0 unspecified atom stereocenters. The van der Waals surface area contributed by atoms with Gasteiger partial charge >= 0.3 is 5.97 Å². The maximum atomic E-state index is 12.8. The summed E-state index contributed by atoms with van der Waals surface area (Å²) in [6, 6.07) is 7.37. The van der Waals surface area contributed by atoms with Crippen molar-refractivity contribution in [2.75, 3.05) is 19.0 Å². The number of rotatable bonds is 7. The zero-order chi connectivity index (χ0) is 17.6. The number of esters is 1. The molecule has 132 valence electrons. The monoisotopic (exact) mass is 333 g/mol. The molecule has 5 heteroatoms. The van der Waals surface area contributed by atoms with Gasteiger partial charge in [0.05, 0.1) is 19.6 Å². The van der Waals surface area contributed by atoms with Crippen LogP contribution in [0.25, 0.3) is 0 Å². The van der Waals surface area contributed by atoms with Gasteiger partial charge in [-0.05, 0) is 50.5 Å². The first-order chi connectivity index (χ1) is 11.6. The number of ether oxygens (including phenoxy) is 2. The number of Topliss-reactive ketones (excluding diaryl/α,β-unsaturated/α-hetero) is 1. The lowest BCUT2D eigenvalue weighted by molar-refractivity contribution is -0.154. The number of methoxy groups -OCH3 is 1. The van der Waals surface area contributed by atoms with Crippen molar-refractivity contribution in [3.8, 4) is 5.75 Å². The fraction of sp³-hybridized carbons (Fsp3) is 0.579. The first kappa shape index (κ1) is 18.3. The molecule has 0 amide bonds. The third kappa shape index (κ3) is 3.71. The standard InChI is InChI=1S/C19H27NO4/c1-4-19(18(22)24-5-2,16-8-6-7-9-17(16)21)20-14-10-12-15(23-3)13-11-14/h10-13,16,20H,4-9H2,1-3H3/t16-,19-/m0/s1. The Morgan fingerprint density at radius 2 is 1.96 bits per heavy atom. The van der Waals surface area contributed by atoms with Crippen LogP contribution in [0.3, 0.4) is 0 Å². The minimum Gasteiger partial charge on any atom is -0.497 e. The Kier molecular flexibility index (Phi) is 6.23. The SMILES string of the molecule is CCOC(=O)[C@@](CC)(Nc1ccc(OC)cc1)[C@H]1CCCCC1=O. The van der Waals surface area contributed by atoms with Crippen LogP contribution in [0.15, 0.2) is 24.3 Å². The van der Waals surface area contributed by atoms with E-state index in [2.05, 4.69) is 5.32 Å². The zero-order valence-electron chi connectivity index (χ0n) is 14.8. The first-order valence-corrected chi connectivity index (χ1v) is 8.69. The van der Waals surface area contributed by atoms with Gasteiger partial charge in [-0.2, -0.15) is 0 Å². The number of ketones is 1. The summed E-state index contributed by atoms with van der Waals surface area (Å²) in [4.78, 5) is 25.3. The minimum atomic E-state index is -1.01. The van der Waals surface area contributed by atoms with Gasteiger partial charge in [-0.1, -0.05) is 13.3 Å². The molecule has 0 aliphatic heterocycles. The normalized spacial score (nSPS) is 20.1. The van der Waals surface area contributed by atoms with Crippen LogP contribution < -0.4 is 10.1 Å². The molecule has 0 bridgehead atoms. The third-order valence-electron chi connectivity index (χ3n) is 4.80. The summed E-state index contributed by atoms with van der Waals surface area (Å²) in [5, 5.41) is 3.33. The highest BCUT2D eigenvalue weighted by Gasteiger charge is 2.49. The second-order valence-electron chi connectivity index (χ2n) is 6.16. The average Bonchev–Trinajstić information content (AvgIpc) is 2.61. The highest BCUT2D eigenvalue weighted by molar-refractivity contribution is 5.94. The van der Waals surface area contributed by atoms with E-state index in [1.807, 2.05) is 31.2 Å². The summed E-state index contributed by atoms with van der Waals surface area (Å²) in [6.45, 7) is 4.01. The number of benzene rings is 1. The Labute approximate surface area is 143 Å². The van der Waals surface area contributed by atoms with E-state index in [1.165, 1.54) is 0 Å². The summed E-state index contributed by atoms with van der Waals surface area (Å²) >= 11 is 0. The first-order valence-electron chi connectivity index (χ1n) is 8.69. The van der Waals surface area contributed by atoms with Crippen LogP contribution >= 0.6 is 0 Å². The van der Waals surface area contributed by atoms with Crippen LogP contribution in [-0.2, 0) is 14.3 Å². The van der Waals surface area contributed by atoms with Crippen molar-refractivity contribution in [3.63, 3.8) is 0 Å². The molecule has 1 aliphatic rings. The summed E-state index contributed by atoms with van der Waals surface area (Å²) in [5.41, 5.74) is -0.230. The van der Waals surface area contributed by atoms with E-state index in [4.69, 9.17) is 9.47 Å². The summed E-state index contributed by atoms with van der Waals surface area (Å²) in [7, 11) is 1.61. The van der Waals surface area contributed by atoms with E-state index in [0.29, 0.717) is 25.9 Å². The fourth-order valence-electron chi connectivity index (χ4n) is 3.46. The fourth-order valence-corrected chi connectivity index (χ4v) is 3.46. The van der Waals surface area contributed by atoms with Crippen molar-refractivity contribution in [2.24, 2.45) is 5.92 Å². The van der Waals surface area contributed by atoms with E-state index in [0.717, 1.165) is 24.3 Å². The summed E-state index contributed by atoms with van der Waals surface area (Å²) < 4.78 is 10.5. The molecule has 2 rings (SSSR count). The molecule has 0 aromatic heterocycles. The molecule has 0 radical (unpaired) electrons. The van der Waals surface area contributed by atoms with Gasteiger partial charge in [0.25, 0.3) is 0 Å². The molecule has 1 aliphatic carbocycles. The Morgan fingerprint density at radius 1 is 1.25 bits per heavy atom. The third-order valence-corrected chi connectivity index (χ3v) is 4.80. The maximum Gasteiger partial charge on any atom is 0.332 e. The molecule has 1 aromatic rings. The van der Waals surface area contributed by atoms with E-state index >= 15 is 0 Å². The number of nitrogens with one attached hydrogen (secondary N) is 1. The van der Waals surface area contributed by atoms with Crippen LogP contribution in [0.5, 0.6) is 5.75 Å². The Morgan fingerprint density at radius 3 is 2.50 bits per heavy atom. The van der Waals surface area contributed by atoms with Crippen LogP contribution in [0.1, 0.15) is 46.0 Å². The molecule has 5 nitrogen and oxygen atoms in total. The zero-order valence-corrected chi connectivity index (χ0v) is 14.8. The second kappa shape index (κ2) is 8.18. The summed E-state index contributed by atoms with van der Waals surface area (Å²) in [6.07, 6.45) is 3.61. The van der Waals surface area contributed by atoms with Crippen molar-refractivity contribution in [2.45, 2.75) is 51.5 Å². The van der Waals surface area contributed by atoms with Gasteiger partial charge in [0.1, 0.15) is 17.1 Å². The molecule has 24 heavy (non-hydrogen) atoms. The van der Waals surface area contributed by atoms with Crippen molar-refractivity contribution in [3.05, 3.63) is 24.3 Å². The Hall–Kier alpha value is -2.04. The summed E-state index contributed by atoms with van der Waals surface area (Å²) in [5.74, 6) is 0.200. The van der Waals surface area contributed by atoms with Crippen molar-refractivity contribution in [1.82, 2.24) is 0 Å². The lowest BCUT2D eigenvalue weighted by Gasteiger charge is -2.40. The maximum absolute atomic E-state index is 12.8. The van der Waals surface area contributed by atoms with E-state index in [-0.39, 0.29) is 17.7 Å². The number of anilines is 1. The molecule has 0 saturated heterocycles. The topological polar surface area (TPSA) is 64.6 Å². The quantitative estimate of drug-likeness (QED) is 0.773. The van der Waals surface area contributed by atoms with Crippen LogP contribution in [-0.4, -0.2) is 31.0 Å². The van der Waals surface area contributed by atoms with Crippen LogP contribution in [0, 0.1) is 5.92 Å². The van der Waals surface area contributed by atoms with Crippen molar-refractivity contribution >= 4 is 17.4 Å². The number of hydrogen-bond donors (Lipinski definition) is 1. The predicted octanol–water partition coefficient (Wildman–Crippen LogP) is 3.58. The molecule has 1 saturated carbocycles. The molecular formula is C19H27NO4. The predicted molar refractivity (Wildman–Crippen MR) is 93.2 cm³/mol. The Balaban J connectivity index is 2.35. The number of hydrogen-bond acceptors (Lipinski definition) is 5. The van der Waals surface area contributed by atoms with Gasteiger partial charge in [-0.25, -0.2) is 4.79 Å². The highest BCUT2D eigenvalue weighted by Crippen LogP contribution is 2.36. The lowest BCUT2D eigenvalue weighted by Crippen LogP contribution is -2.56. The lowest BCUT2D eigenvalue weighted by atomic mass is 9.72. The second-order valence-corrected chi connectivity index (χ2v) is 6.16. The largest absolute Gasteiger partial charge is 0.497 e. The molecule has 1 aromatic carbocycles. The average molecular weight is 333 g/mol. The van der Waals surface area contributed by atoms with E-state index in [1.54, 1.807) is 14.0 Å². The molecule has 0 heterocycles. The van der Waals surface area contributed by atoms with E-state index < -0.39 is 5.54 Å². The van der Waals surface area contributed by atoms with Gasteiger partial charge < -0.3 is 14.8 Å². The molecule has 0 spiro atoms.